The van der Waals surface area contributed by atoms with Gasteiger partial charge in [-0.25, -0.2) is 4.79 Å². The van der Waals surface area contributed by atoms with Crippen LogP contribution >= 0.6 is 0 Å². The van der Waals surface area contributed by atoms with Gasteiger partial charge in [-0.15, -0.1) is 0 Å². The van der Waals surface area contributed by atoms with Crippen molar-refractivity contribution in [2.75, 3.05) is 20.8 Å². The first-order chi connectivity index (χ1) is 13.2. The minimum Gasteiger partial charge on any atom is -0.497 e. The van der Waals surface area contributed by atoms with Crippen LogP contribution in [0.5, 0.6) is 11.5 Å². The molecule has 0 aliphatic carbocycles. The summed E-state index contributed by atoms with van der Waals surface area (Å²) in [5.74, 6) is 1.36. The molecule has 5 nitrogen and oxygen atoms in total. The number of unbranched alkanes of at least 4 members (excludes halogenated alkanes) is 9. The average molecular weight is 380 g/mol. The molecule has 0 aliphatic heterocycles. The fraction of sp³-hybridized carbons (Fsp3) is 0.682. The highest BCUT2D eigenvalue weighted by Gasteiger charge is 2.06. The van der Waals surface area contributed by atoms with Crippen LogP contribution in [0.3, 0.4) is 0 Å². The monoisotopic (exact) mass is 379 g/mol. The number of hydrogen-bond donors (Lipinski definition) is 1. The van der Waals surface area contributed by atoms with Crippen LogP contribution in [0.25, 0.3) is 0 Å². The molecule has 5 heteroatoms. The quantitative estimate of drug-likeness (QED) is 0.388. The van der Waals surface area contributed by atoms with Crippen molar-refractivity contribution in [3.8, 4) is 11.5 Å². The Morgan fingerprint density at radius 1 is 0.815 bits per heavy atom. The SMILES string of the molecule is CCCCCCCCCCCCNC(=O)OCc1cc(OC)cc(OC)c1. The summed E-state index contributed by atoms with van der Waals surface area (Å²) >= 11 is 0. The number of carbonyl (C=O) groups excluding carboxylic acids is 1. The summed E-state index contributed by atoms with van der Waals surface area (Å²) in [7, 11) is 3.19. The lowest BCUT2D eigenvalue weighted by molar-refractivity contribution is 0.139. The fourth-order valence-corrected chi connectivity index (χ4v) is 2.95. The number of amides is 1. The lowest BCUT2D eigenvalue weighted by Gasteiger charge is -2.10. The molecule has 0 radical (unpaired) electrons. The second kappa shape index (κ2) is 15.2. The molecule has 0 bridgehead atoms. The first kappa shape index (κ1) is 23.1. The van der Waals surface area contributed by atoms with Gasteiger partial charge in [-0.05, 0) is 24.1 Å². The number of alkyl carbamates (subject to hydrolysis) is 1. The van der Waals surface area contributed by atoms with E-state index in [1.54, 1.807) is 20.3 Å². The highest BCUT2D eigenvalue weighted by molar-refractivity contribution is 5.67. The van der Waals surface area contributed by atoms with Crippen LogP contribution in [0, 0.1) is 0 Å². The van der Waals surface area contributed by atoms with Gasteiger partial charge in [0.25, 0.3) is 0 Å². The van der Waals surface area contributed by atoms with E-state index in [4.69, 9.17) is 14.2 Å². The Balaban J connectivity index is 2.05. The minimum atomic E-state index is -0.382. The Bertz CT molecular complexity index is 497. The standard InChI is InChI=1S/C22H37NO4/c1-4-5-6-7-8-9-10-11-12-13-14-23-22(24)27-18-19-15-20(25-2)17-21(16-19)26-3/h15-17H,4-14,18H2,1-3H3,(H,23,24). The molecule has 0 unspecified atom stereocenters. The normalized spacial score (nSPS) is 10.5. The van der Waals surface area contributed by atoms with Crippen LogP contribution in [-0.4, -0.2) is 26.9 Å². The van der Waals surface area contributed by atoms with Gasteiger partial charge in [0, 0.05) is 12.6 Å². The molecular weight excluding hydrogens is 342 g/mol. The molecule has 0 heterocycles. The van der Waals surface area contributed by atoms with Crippen molar-refractivity contribution < 1.29 is 19.0 Å². The summed E-state index contributed by atoms with van der Waals surface area (Å²) in [4.78, 5) is 11.8. The van der Waals surface area contributed by atoms with E-state index in [1.165, 1.54) is 51.4 Å². The predicted octanol–water partition coefficient (Wildman–Crippen LogP) is 5.85. The van der Waals surface area contributed by atoms with E-state index in [0.717, 1.165) is 18.4 Å². The third kappa shape index (κ3) is 11.4. The number of methoxy groups -OCH3 is 2. The molecule has 0 atom stereocenters. The highest BCUT2D eigenvalue weighted by atomic mass is 16.5. The molecule has 0 saturated carbocycles. The van der Waals surface area contributed by atoms with E-state index in [-0.39, 0.29) is 12.7 Å². The molecule has 1 rings (SSSR count). The molecule has 1 aromatic carbocycles. The van der Waals surface area contributed by atoms with Crippen LogP contribution < -0.4 is 14.8 Å². The molecule has 1 amide bonds. The second-order valence-corrected chi connectivity index (χ2v) is 6.91. The number of carbonyl (C=O) groups is 1. The molecule has 0 aliphatic rings. The zero-order valence-electron chi connectivity index (χ0n) is 17.4. The van der Waals surface area contributed by atoms with Crippen molar-refractivity contribution in [3.63, 3.8) is 0 Å². The van der Waals surface area contributed by atoms with Crippen molar-refractivity contribution in [1.82, 2.24) is 5.32 Å². The van der Waals surface area contributed by atoms with Crippen molar-refractivity contribution >= 4 is 6.09 Å². The summed E-state index contributed by atoms with van der Waals surface area (Å²) in [5, 5.41) is 2.81. The van der Waals surface area contributed by atoms with Crippen LogP contribution in [0.2, 0.25) is 0 Å². The van der Waals surface area contributed by atoms with E-state index in [0.29, 0.717) is 18.0 Å². The Kier molecular flexibility index (Phi) is 13.0. The van der Waals surface area contributed by atoms with Crippen LogP contribution in [-0.2, 0) is 11.3 Å². The molecular formula is C22H37NO4. The van der Waals surface area contributed by atoms with Gasteiger partial charge in [-0.2, -0.15) is 0 Å². The third-order valence-electron chi connectivity index (χ3n) is 4.58. The number of benzene rings is 1. The van der Waals surface area contributed by atoms with E-state index >= 15 is 0 Å². The zero-order chi connectivity index (χ0) is 19.7. The smallest absolute Gasteiger partial charge is 0.407 e. The Hall–Kier alpha value is -1.91. The summed E-state index contributed by atoms with van der Waals surface area (Å²) in [6, 6.07) is 5.45. The van der Waals surface area contributed by atoms with Gasteiger partial charge in [0.2, 0.25) is 0 Å². The zero-order valence-corrected chi connectivity index (χ0v) is 17.4. The minimum absolute atomic E-state index is 0.192. The second-order valence-electron chi connectivity index (χ2n) is 6.91. The molecule has 0 aromatic heterocycles. The van der Waals surface area contributed by atoms with Crippen molar-refractivity contribution in [3.05, 3.63) is 23.8 Å². The summed E-state index contributed by atoms with van der Waals surface area (Å²) < 4.78 is 15.7. The van der Waals surface area contributed by atoms with E-state index in [2.05, 4.69) is 12.2 Å². The topological polar surface area (TPSA) is 56.8 Å². The Morgan fingerprint density at radius 2 is 1.33 bits per heavy atom. The summed E-state index contributed by atoms with van der Waals surface area (Å²) in [6.45, 7) is 3.11. The average Bonchev–Trinajstić information content (AvgIpc) is 2.70. The maximum atomic E-state index is 11.8. The van der Waals surface area contributed by atoms with Gasteiger partial charge < -0.3 is 19.5 Å². The lowest BCUT2D eigenvalue weighted by atomic mass is 10.1. The first-order valence-electron chi connectivity index (χ1n) is 10.3. The molecule has 27 heavy (non-hydrogen) atoms. The van der Waals surface area contributed by atoms with Crippen molar-refractivity contribution in [2.45, 2.75) is 77.7 Å². The van der Waals surface area contributed by atoms with E-state index < -0.39 is 0 Å². The maximum absolute atomic E-state index is 11.8. The van der Waals surface area contributed by atoms with Crippen molar-refractivity contribution in [2.24, 2.45) is 0 Å². The number of rotatable bonds is 15. The van der Waals surface area contributed by atoms with Gasteiger partial charge in [0.15, 0.2) is 0 Å². The number of nitrogens with one attached hydrogen (secondary N) is 1. The maximum Gasteiger partial charge on any atom is 0.407 e. The third-order valence-corrected chi connectivity index (χ3v) is 4.58. The molecule has 1 N–H and O–H groups in total. The van der Waals surface area contributed by atoms with E-state index in [9.17, 15) is 4.79 Å². The van der Waals surface area contributed by atoms with Crippen LogP contribution in [0.1, 0.15) is 76.7 Å². The Morgan fingerprint density at radius 3 is 1.85 bits per heavy atom. The van der Waals surface area contributed by atoms with Gasteiger partial charge in [0.05, 0.1) is 14.2 Å². The highest BCUT2D eigenvalue weighted by Crippen LogP contribution is 2.22. The molecule has 0 fully saturated rings. The Labute approximate surface area is 164 Å². The number of ether oxygens (including phenoxy) is 3. The van der Waals surface area contributed by atoms with Crippen molar-refractivity contribution in [1.29, 1.82) is 0 Å². The predicted molar refractivity (Wildman–Crippen MR) is 110 cm³/mol. The molecule has 0 spiro atoms. The largest absolute Gasteiger partial charge is 0.497 e. The van der Waals surface area contributed by atoms with Crippen LogP contribution in [0.15, 0.2) is 18.2 Å². The van der Waals surface area contributed by atoms with Crippen LogP contribution in [0.4, 0.5) is 4.79 Å². The van der Waals surface area contributed by atoms with Gasteiger partial charge in [-0.3, -0.25) is 0 Å². The molecule has 154 valence electrons. The summed E-state index contributed by atoms with van der Waals surface area (Å²) in [6.07, 6.45) is 12.4. The summed E-state index contributed by atoms with van der Waals surface area (Å²) in [5.41, 5.74) is 0.834. The van der Waals surface area contributed by atoms with Gasteiger partial charge >= 0.3 is 6.09 Å². The van der Waals surface area contributed by atoms with E-state index in [1.807, 2.05) is 12.1 Å². The van der Waals surface area contributed by atoms with Gasteiger partial charge in [0.1, 0.15) is 18.1 Å². The number of hydrogen-bond acceptors (Lipinski definition) is 4. The molecule has 1 aromatic rings. The van der Waals surface area contributed by atoms with Gasteiger partial charge in [-0.1, -0.05) is 64.7 Å². The lowest BCUT2D eigenvalue weighted by Crippen LogP contribution is -2.25. The first-order valence-corrected chi connectivity index (χ1v) is 10.3. The fourth-order valence-electron chi connectivity index (χ4n) is 2.95. The molecule has 0 saturated heterocycles.